The Morgan fingerprint density at radius 2 is 1.67 bits per heavy atom. The zero-order chi connectivity index (χ0) is 11.9. The number of methoxy groups -OCH3 is 1. The first-order chi connectivity index (χ1) is 6.77. The second-order valence-corrected chi connectivity index (χ2v) is 5.89. The van der Waals surface area contributed by atoms with E-state index < -0.39 is 7.82 Å². The van der Waals surface area contributed by atoms with Crippen molar-refractivity contribution in [2.45, 2.75) is 27.2 Å². The molecule has 0 amide bonds. The van der Waals surface area contributed by atoms with Gasteiger partial charge in [0.05, 0.1) is 19.8 Å². The number of hydrogen-bond donors (Lipinski definition) is 1. The van der Waals surface area contributed by atoms with E-state index in [-0.39, 0.29) is 25.2 Å². The van der Waals surface area contributed by atoms with Gasteiger partial charge in [-0.05, 0) is 11.8 Å². The van der Waals surface area contributed by atoms with Crippen LogP contribution in [0.1, 0.15) is 27.2 Å². The van der Waals surface area contributed by atoms with Crippen molar-refractivity contribution in [3.8, 4) is 0 Å². The van der Waals surface area contributed by atoms with E-state index in [1.54, 1.807) is 0 Å². The standard InChI is InChI=1S/C9H21O5P/c1-9(2,3)5-6-13-15(10,11)14-8-7-12-4/h5-8H2,1-4H3,(H,10,11). The van der Waals surface area contributed by atoms with Crippen LogP contribution in [-0.4, -0.2) is 31.8 Å². The monoisotopic (exact) mass is 240 g/mol. The fraction of sp³-hybridized carbons (Fsp3) is 1.00. The molecule has 0 aliphatic heterocycles. The van der Waals surface area contributed by atoms with Crippen molar-refractivity contribution >= 4 is 7.82 Å². The lowest BCUT2D eigenvalue weighted by Crippen LogP contribution is -2.10. The summed E-state index contributed by atoms with van der Waals surface area (Å²) in [6.07, 6.45) is 0.700. The van der Waals surface area contributed by atoms with Gasteiger partial charge in [0.15, 0.2) is 0 Å². The molecule has 0 saturated heterocycles. The predicted molar refractivity (Wildman–Crippen MR) is 57.7 cm³/mol. The van der Waals surface area contributed by atoms with Crippen molar-refractivity contribution in [3.63, 3.8) is 0 Å². The third-order valence-corrected chi connectivity index (χ3v) is 2.67. The van der Waals surface area contributed by atoms with Gasteiger partial charge < -0.3 is 9.63 Å². The number of phosphoric ester groups is 1. The molecule has 1 unspecified atom stereocenters. The molecule has 6 heteroatoms. The van der Waals surface area contributed by atoms with Crippen LogP contribution in [0.15, 0.2) is 0 Å². The maximum Gasteiger partial charge on any atom is 0.472 e. The summed E-state index contributed by atoms with van der Waals surface area (Å²) in [7, 11) is -2.40. The Hall–Kier alpha value is 0.0700. The van der Waals surface area contributed by atoms with Gasteiger partial charge in [0.25, 0.3) is 0 Å². The summed E-state index contributed by atoms with van der Waals surface area (Å²) in [6, 6.07) is 0. The maximum atomic E-state index is 11.2. The molecule has 1 atom stereocenters. The third-order valence-electron chi connectivity index (χ3n) is 1.65. The topological polar surface area (TPSA) is 65.0 Å². The summed E-state index contributed by atoms with van der Waals surface area (Å²) in [5.74, 6) is 0. The van der Waals surface area contributed by atoms with Gasteiger partial charge in [-0.15, -0.1) is 0 Å². The van der Waals surface area contributed by atoms with Crippen LogP contribution in [0.25, 0.3) is 0 Å². The summed E-state index contributed by atoms with van der Waals surface area (Å²) in [5.41, 5.74) is 0.0759. The lowest BCUT2D eigenvalue weighted by Gasteiger charge is -2.19. The van der Waals surface area contributed by atoms with Crippen LogP contribution >= 0.6 is 7.82 Å². The van der Waals surface area contributed by atoms with Gasteiger partial charge >= 0.3 is 7.82 Å². The van der Waals surface area contributed by atoms with E-state index in [4.69, 9.17) is 4.52 Å². The SMILES string of the molecule is COCCOP(=O)(O)OCCC(C)(C)C. The fourth-order valence-corrected chi connectivity index (χ4v) is 1.44. The van der Waals surface area contributed by atoms with E-state index in [9.17, 15) is 9.46 Å². The van der Waals surface area contributed by atoms with Crippen molar-refractivity contribution in [1.82, 2.24) is 0 Å². The van der Waals surface area contributed by atoms with Crippen LogP contribution in [0.5, 0.6) is 0 Å². The van der Waals surface area contributed by atoms with Crippen molar-refractivity contribution in [3.05, 3.63) is 0 Å². The van der Waals surface area contributed by atoms with E-state index in [2.05, 4.69) is 9.26 Å². The van der Waals surface area contributed by atoms with E-state index in [0.29, 0.717) is 6.42 Å². The molecular weight excluding hydrogens is 219 g/mol. The molecule has 0 aromatic rings. The van der Waals surface area contributed by atoms with Crippen LogP contribution < -0.4 is 0 Å². The van der Waals surface area contributed by atoms with Crippen molar-refractivity contribution in [2.75, 3.05) is 26.9 Å². The molecule has 0 aliphatic rings. The third kappa shape index (κ3) is 10.4. The minimum Gasteiger partial charge on any atom is -0.382 e. The normalized spacial score (nSPS) is 16.3. The Balaban J connectivity index is 3.69. The molecule has 5 nitrogen and oxygen atoms in total. The summed E-state index contributed by atoms with van der Waals surface area (Å²) in [6.45, 7) is 6.64. The minimum absolute atomic E-state index is 0.0554. The quantitative estimate of drug-likeness (QED) is 0.546. The van der Waals surface area contributed by atoms with Crippen LogP contribution in [0, 0.1) is 5.41 Å². The van der Waals surface area contributed by atoms with Crippen LogP contribution in [-0.2, 0) is 18.3 Å². The molecule has 0 aromatic carbocycles. The van der Waals surface area contributed by atoms with Gasteiger partial charge in [-0.2, -0.15) is 0 Å². The van der Waals surface area contributed by atoms with Gasteiger partial charge in [0.1, 0.15) is 0 Å². The summed E-state index contributed by atoms with van der Waals surface area (Å²) >= 11 is 0. The lowest BCUT2D eigenvalue weighted by molar-refractivity contribution is 0.0975. The summed E-state index contributed by atoms with van der Waals surface area (Å²) in [5, 5.41) is 0. The van der Waals surface area contributed by atoms with Crippen LogP contribution in [0.3, 0.4) is 0 Å². The average molecular weight is 240 g/mol. The lowest BCUT2D eigenvalue weighted by atomic mass is 9.93. The number of rotatable bonds is 7. The van der Waals surface area contributed by atoms with E-state index in [1.165, 1.54) is 7.11 Å². The molecule has 0 aromatic heterocycles. The largest absolute Gasteiger partial charge is 0.472 e. The van der Waals surface area contributed by atoms with E-state index in [1.807, 2.05) is 20.8 Å². The first-order valence-electron chi connectivity index (χ1n) is 4.88. The Labute approximate surface area is 91.3 Å². The second kappa shape index (κ2) is 6.61. The summed E-state index contributed by atoms with van der Waals surface area (Å²) in [4.78, 5) is 9.19. The number of hydrogen-bond acceptors (Lipinski definition) is 4. The van der Waals surface area contributed by atoms with Gasteiger partial charge in [-0.25, -0.2) is 4.57 Å². The molecule has 0 aliphatic carbocycles. The molecule has 0 spiro atoms. The molecule has 0 fully saturated rings. The summed E-state index contributed by atoms with van der Waals surface area (Å²) < 4.78 is 25.3. The highest BCUT2D eigenvalue weighted by Crippen LogP contribution is 2.43. The van der Waals surface area contributed by atoms with Gasteiger partial charge in [-0.3, -0.25) is 9.05 Å². The molecule has 0 saturated carbocycles. The maximum absolute atomic E-state index is 11.2. The second-order valence-electron chi connectivity index (χ2n) is 4.44. The van der Waals surface area contributed by atoms with E-state index in [0.717, 1.165) is 0 Å². The van der Waals surface area contributed by atoms with Gasteiger partial charge in [0, 0.05) is 7.11 Å². The smallest absolute Gasteiger partial charge is 0.382 e. The number of phosphoric acid groups is 1. The van der Waals surface area contributed by atoms with Crippen molar-refractivity contribution < 1.29 is 23.2 Å². The molecule has 0 radical (unpaired) electrons. The van der Waals surface area contributed by atoms with Crippen molar-refractivity contribution in [1.29, 1.82) is 0 Å². The number of ether oxygens (including phenoxy) is 1. The van der Waals surface area contributed by atoms with Gasteiger partial charge in [-0.1, -0.05) is 20.8 Å². The molecule has 0 bridgehead atoms. The first-order valence-corrected chi connectivity index (χ1v) is 6.37. The first kappa shape index (κ1) is 15.1. The van der Waals surface area contributed by atoms with Gasteiger partial charge in [0.2, 0.25) is 0 Å². The molecule has 0 rings (SSSR count). The molecular formula is C9H21O5P. The highest BCUT2D eigenvalue weighted by Gasteiger charge is 2.21. The fourth-order valence-electron chi connectivity index (χ4n) is 0.740. The Morgan fingerprint density at radius 3 is 2.13 bits per heavy atom. The highest BCUT2D eigenvalue weighted by atomic mass is 31.2. The minimum atomic E-state index is -3.89. The Bertz CT molecular complexity index is 211. The van der Waals surface area contributed by atoms with E-state index >= 15 is 0 Å². The molecule has 15 heavy (non-hydrogen) atoms. The molecule has 1 N–H and O–H groups in total. The van der Waals surface area contributed by atoms with Crippen LogP contribution in [0.2, 0.25) is 0 Å². The highest BCUT2D eigenvalue weighted by molar-refractivity contribution is 7.47. The molecule has 0 heterocycles. The predicted octanol–water partition coefficient (Wildman–Crippen LogP) is 2.20. The zero-order valence-electron chi connectivity index (χ0n) is 9.86. The molecule has 92 valence electrons. The Morgan fingerprint density at radius 1 is 1.13 bits per heavy atom. The average Bonchev–Trinajstić information content (AvgIpc) is 2.01. The Kier molecular flexibility index (Phi) is 6.64. The zero-order valence-corrected chi connectivity index (χ0v) is 10.8. The van der Waals surface area contributed by atoms with Crippen molar-refractivity contribution in [2.24, 2.45) is 5.41 Å². The van der Waals surface area contributed by atoms with Crippen LogP contribution in [0.4, 0.5) is 0 Å².